The Morgan fingerprint density at radius 1 is 0.933 bits per heavy atom. The van der Waals surface area contributed by atoms with Crippen molar-refractivity contribution < 1.29 is 0 Å². The van der Waals surface area contributed by atoms with Crippen molar-refractivity contribution in [1.29, 1.82) is 0 Å². The van der Waals surface area contributed by atoms with E-state index < -0.39 is 0 Å². The van der Waals surface area contributed by atoms with Crippen molar-refractivity contribution in [1.82, 2.24) is 4.57 Å². The van der Waals surface area contributed by atoms with Crippen molar-refractivity contribution >= 4 is 11.4 Å². The van der Waals surface area contributed by atoms with E-state index in [0.29, 0.717) is 11.4 Å². The van der Waals surface area contributed by atoms with Gasteiger partial charge in [-0.15, -0.1) is 0 Å². The van der Waals surface area contributed by atoms with Crippen LogP contribution in [0.4, 0.5) is 11.4 Å². The topological polar surface area (TPSA) is 74.0 Å². The molecule has 2 aromatic rings. The lowest BCUT2D eigenvalue weighted by Gasteiger charge is -2.07. The number of nitrogen functional groups attached to an aromatic ring is 2. The highest BCUT2D eigenvalue weighted by Gasteiger charge is 1.98. The summed E-state index contributed by atoms with van der Waals surface area (Å²) in [5, 5.41) is 0. The lowest BCUT2D eigenvalue weighted by molar-refractivity contribution is 1.04. The third kappa shape index (κ3) is 1.83. The van der Waals surface area contributed by atoms with Crippen LogP contribution >= 0.6 is 0 Å². The van der Waals surface area contributed by atoms with Gasteiger partial charge in [-0.1, -0.05) is 0 Å². The maximum absolute atomic E-state index is 10.9. The first-order valence-electron chi connectivity index (χ1n) is 4.50. The molecule has 0 saturated heterocycles. The smallest absolute Gasteiger partial charge is 0.181 e. The number of aromatic nitrogens is 1. The number of nitrogens with zero attached hydrogens (tertiary/aromatic N) is 1. The van der Waals surface area contributed by atoms with Gasteiger partial charge in [0.05, 0.1) is 11.4 Å². The fraction of sp³-hybridized carbons (Fsp3) is 0. The molecule has 4 nitrogen and oxygen atoms in total. The summed E-state index contributed by atoms with van der Waals surface area (Å²) >= 11 is 0. The Bertz CT molecular complexity index is 525. The molecule has 1 aromatic carbocycles. The molecule has 0 aliphatic rings. The van der Waals surface area contributed by atoms with Gasteiger partial charge in [0.25, 0.3) is 0 Å². The summed E-state index contributed by atoms with van der Waals surface area (Å²) in [5.74, 6) is 0. The number of rotatable bonds is 1. The number of pyridine rings is 1. The molecule has 0 amide bonds. The summed E-state index contributed by atoms with van der Waals surface area (Å²) in [7, 11) is 0. The molecule has 0 unspecified atom stereocenters. The Hall–Kier alpha value is -2.23. The van der Waals surface area contributed by atoms with Crippen LogP contribution in [0.25, 0.3) is 5.69 Å². The average Bonchev–Trinajstić information content (AvgIpc) is 2.23. The molecular formula is C11H11N3O. The Kier molecular flexibility index (Phi) is 2.17. The minimum atomic E-state index is -0.0188. The number of anilines is 2. The van der Waals surface area contributed by atoms with E-state index in [9.17, 15) is 4.79 Å². The van der Waals surface area contributed by atoms with Crippen LogP contribution in [-0.2, 0) is 0 Å². The van der Waals surface area contributed by atoms with E-state index in [0.717, 1.165) is 5.69 Å². The summed E-state index contributed by atoms with van der Waals surface area (Å²) in [6.07, 6.45) is 3.38. The van der Waals surface area contributed by atoms with Crippen LogP contribution in [0.5, 0.6) is 0 Å². The maximum atomic E-state index is 10.9. The van der Waals surface area contributed by atoms with Gasteiger partial charge >= 0.3 is 0 Å². The van der Waals surface area contributed by atoms with Crippen LogP contribution in [0.2, 0.25) is 0 Å². The van der Waals surface area contributed by atoms with Gasteiger partial charge in [-0.2, -0.15) is 0 Å². The fourth-order valence-electron chi connectivity index (χ4n) is 1.31. The van der Waals surface area contributed by atoms with Gasteiger partial charge < -0.3 is 16.0 Å². The zero-order chi connectivity index (χ0) is 10.8. The summed E-state index contributed by atoms with van der Waals surface area (Å²) in [6, 6.07) is 8.33. The molecule has 1 heterocycles. The van der Waals surface area contributed by atoms with E-state index in [1.165, 1.54) is 12.1 Å². The molecule has 15 heavy (non-hydrogen) atoms. The molecule has 0 aliphatic carbocycles. The van der Waals surface area contributed by atoms with Crippen molar-refractivity contribution in [3.05, 3.63) is 52.9 Å². The molecule has 2 rings (SSSR count). The Morgan fingerprint density at radius 2 is 1.60 bits per heavy atom. The largest absolute Gasteiger partial charge is 0.397 e. The molecule has 0 radical (unpaired) electrons. The van der Waals surface area contributed by atoms with Crippen molar-refractivity contribution in [3.63, 3.8) is 0 Å². The Labute approximate surface area is 86.8 Å². The first-order valence-corrected chi connectivity index (χ1v) is 4.50. The molecule has 76 valence electrons. The van der Waals surface area contributed by atoms with E-state index in [2.05, 4.69) is 0 Å². The summed E-state index contributed by atoms with van der Waals surface area (Å²) < 4.78 is 1.80. The van der Waals surface area contributed by atoms with Gasteiger partial charge in [0.2, 0.25) is 0 Å². The molecule has 4 N–H and O–H groups in total. The molecule has 0 bridgehead atoms. The fourth-order valence-corrected chi connectivity index (χ4v) is 1.31. The van der Waals surface area contributed by atoms with Gasteiger partial charge in [-0.05, 0) is 18.2 Å². The third-order valence-corrected chi connectivity index (χ3v) is 2.17. The molecule has 0 atom stereocenters. The second-order valence-electron chi connectivity index (χ2n) is 3.25. The van der Waals surface area contributed by atoms with Gasteiger partial charge in [0.1, 0.15) is 0 Å². The second kappa shape index (κ2) is 3.49. The normalized spacial score (nSPS) is 10.1. The molecule has 1 aromatic heterocycles. The van der Waals surface area contributed by atoms with Crippen molar-refractivity contribution in [2.45, 2.75) is 0 Å². The highest BCUT2D eigenvalue weighted by atomic mass is 16.1. The second-order valence-corrected chi connectivity index (χ2v) is 3.25. The lowest BCUT2D eigenvalue weighted by Crippen LogP contribution is -2.03. The van der Waals surface area contributed by atoms with Crippen molar-refractivity contribution in [2.24, 2.45) is 0 Å². The Morgan fingerprint density at radius 3 is 2.20 bits per heavy atom. The summed E-state index contributed by atoms with van der Waals surface area (Å²) in [6.45, 7) is 0. The average molecular weight is 201 g/mol. The van der Waals surface area contributed by atoms with Crippen molar-refractivity contribution in [3.8, 4) is 5.69 Å². The molecule has 0 spiro atoms. The summed E-state index contributed by atoms with van der Waals surface area (Å²) in [4.78, 5) is 10.9. The monoisotopic (exact) mass is 201 g/mol. The predicted molar refractivity (Wildman–Crippen MR) is 60.9 cm³/mol. The highest BCUT2D eigenvalue weighted by Crippen LogP contribution is 2.18. The quantitative estimate of drug-likeness (QED) is 0.676. The van der Waals surface area contributed by atoms with Crippen LogP contribution in [0.3, 0.4) is 0 Å². The van der Waals surface area contributed by atoms with Crippen LogP contribution in [0.15, 0.2) is 47.5 Å². The highest BCUT2D eigenvalue weighted by molar-refractivity contribution is 5.66. The molecule has 4 heteroatoms. The van der Waals surface area contributed by atoms with Gasteiger partial charge in [0.15, 0.2) is 5.43 Å². The zero-order valence-corrected chi connectivity index (χ0v) is 8.05. The van der Waals surface area contributed by atoms with E-state index in [1.807, 2.05) is 6.07 Å². The lowest BCUT2D eigenvalue weighted by atomic mass is 10.2. The standard InChI is InChI=1S/C11H11N3O/c12-10-2-1-8(7-11(10)13)14-5-3-9(15)4-6-14/h1-7H,12-13H2. The van der Waals surface area contributed by atoms with Crippen molar-refractivity contribution in [2.75, 3.05) is 11.5 Å². The maximum Gasteiger partial charge on any atom is 0.181 e. The number of nitrogens with two attached hydrogens (primary N) is 2. The first kappa shape index (κ1) is 9.33. The van der Waals surface area contributed by atoms with Gasteiger partial charge in [-0.25, -0.2) is 0 Å². The van der Waals surface area contributed by atoms with E-state index in [4.69, 9.17) is 11.5 Å². The van der Waals surface area contributed by atoms with E-state index in [-0.39, 0.29) is 5.43 Å². The molecule has 0 aliphatic heterocycles. The first-order chi connectivity index (χ1) is 7.16. The van der Waals surface area contributed by atoms with Gasteiger partial charge in [0, 0.05) is 30.2 Å². The molecule has 0 fully saturated rings. The van der Waals surface area contributed by atoms with Crippen LogP contribution < -0.4 is 16.9 Å². The minimum absolute atomic E-state index is 0.0188. The molecule has 0 saturated carbocycles. The minimum Gasteiger partial charge on any atom is -0.397 e. The number of hydrogen-bond donors (Lipinski definition) is 2. The SMILES string of the molecule is Nc1ccc(-n2ccc(=O)cc2)cc1N. The number of benzene rings is 1. The third-order valence-electron chi connectivity index (χ3n) is 2.17. The van der Waals surface area contributed by atoms with E-state index >= 15 is 0 Å². The van der Waals surface area contributed by atoms with E-state index in [1.54, 1.807) is 29.1 Å². The number of hydrogen-bond acceptors (Lipinski definition) is 3. The van der Waals surface area contributed by atoms with Crippen LogP contribution in [0, 0.1) is 0 Å². The van der Waals surface area contributed by atoms with Gasteiger partial charge in [-0.3, -0.25) is 4.79 Å². The predicted octanol–water partition coefficient (Wildman–Crippen LogP) is 1.00. The molecular weight excluding hydrogens is 190 g/mol. The van der Waals surface area contributed by atoms with Crippen LogP contribution in [-0.4, -0.2) is 4.57 Å². The Balaban J connectivity index is 2.50. The van der Waals surface area contributed by atoms with Crippen LogP contribution in [0.1, 0.15) is 0 Å². The zero-order valence-electron chi connectivity index (χ0n) is 8.05. The summed E-state index contributed by atoms with van der Waals surface area (Å²) in [5.41, 5.74) is 13.2.